The molecule has 134 valence electrons. The van der Waals surface area contributed by atoms with E-state index in [9.17, 15) is 9.59 Å². The van der Waals surface area contributed by atoms with Crippen LogP contribution in [0.3, 0.4) is 0 Å². The van der Waals surface area contributed by atoms with Crippen LogP contribution < -0.4 is 16.0 Å². The van der Waals surface area contributed by atoms with Crippen molar-refractivity contribution in [1.82, 2.24) is 5.32 Å². The minimum absolute atomic E-state index is 0.176. The Morgan fingerprint density at radius 2 is 1.15 bits per heavy atom. The van der Waals surface area contributed by atoms with Crippen molar-refractivity contribution in [2.75, 3.05) is 10.6 Å². The second kappa shape index (κ2) is 8.73. The average molecular weight is 375 g/mol. The van der Waals surface area contributed by atoms with Crippen LogP contribution in [0.2, 0.25) is 0 Å². The molecule has 5 nitrogen and oxygen atoms in total. The average Bonchev–Trinajstić information content (AvgIpc) is 2.69. The molecule has 0 heterocycles. The summed E-state index contributed by atoms with van der Waals surface area (Å²) in [5.74, 6) is -0.491. The predicted molar refractivity (Wildman–Crippen MR) is 111 cm³/mol. The van der Waals surface area contributed by atoms with Gasteiger partial charge in [0, 0.05) is 22.5 Å². The standard InChI is InChI=1S/C21H17N3O2S/c25-19(15-8-3-1-4-9-15)22-17-12-7-13-18(14-17)23-21(27)24-20(26)16-10-5-2-6-11-16/h1-14H,(H,22,25)(H2,23,24,26,27). The van der Waals surface area contributed by atoms with Gasteiger partial charge in [0.15, 0.2) is 5.11 Å². The van der Waals surface area contributed by atoms with Crippen molar-refractivity contribution in [1.29, 1.82) is 0 Å². The highest BCUT2D eigenvalue weighted by Gasteiger charge is 2.08. The van der Waals surface area contributed by atoms with Crippen molar-refractivity contribution >= 4 is 40.5 Å². The number of carbonyl (C=O) groups is 2. The fraction of sp³-hybridized carbons (Fsp3) is 0. The molecule has 3 aromatic carbocycles. The molecule has 6 heteroatoms. The summed E-state index contributed by atoms with van der Waals surface area (Å²) in [6.45, 7) is 0. The lowest BCUT2D eigenvalue weighted by atomic mass is 10.2. The molecule has 3 N–H and O–H groups in total. The van der Waals surface area contributed by atoms with E-state index in [1.165, 1.54) is 0 Å². The van der Waals surface area contributed by atoms with Gasteiger partial charge in [0.2, 0.25) is 0 Å². The summed E-state index contributed by atoms with van der Waals surface area (Å²) in [5, 5.41) is 8.57. The molecule has 0 saturated carbocycles. The van der Waals surface area contributed by atoms with E-state index in [0.29, 0.717) is 22.5 Å². The van der Waals surface area contributed by atoms with Gasteiger partial charge in [-0.15, -0.1) is 0 Å². The Kier molecular flexibility index (Phi) is 5.91. The van der Waals surface area contributed by atoms with Gasteiger partial charge in [-0.1, -0.05) is 42.5 Å². The van der Waals surface area contributed by atoms with Gasteiger partial charge in [-0.3, -0.25) is 14.9 Å². The summed E-state index contributed by atoms with van der Waals surface area (Å²) in [4.78, 5) is 24.4. The maximum absolute atomic E-state index is 12.2. The SMILES string of the molecule is O=C(NC(=S)Nc1cccc(NC(=O)c2ccccc2)c1)c1ccccc1. The zero-order valence-electron chi connectivity index (χ0n) is 14.3. The lowest BCUT2D eigenvalue weighted by molar-refractivity contribution is 0.0976. The van der Waals surface area contributed by atoms with Crippen LogP contribution in [0.15, 0.2) is 84.9 Å². The van der Waals surface area contributed by atoms with Gasteiger partial charge in [-0.25, -0.2) is 0 Å². The zero-order chi connectivity index (χ0) is 19.1. The first-order valence-corrected chi connectivity index (χ1v) is 8.66. The third kappa shape index (κ3) is 5.23. The lowest BCUT2D eigenvalue weighted by Crippen LogP contribution is -2.34. The van der Waals surface area contributed by atoms with Crippen LogP contribution in [-0.2, 0) is 0 Å². The molecule has 0 unspecified atom stereocenters. The van der Waals surface area contributed by atoms with Gasteiger partial charge in [0.05, 0.1) is 0 Å². The first kappa shape index (κ1) is 18.3. The Hall–Kier alpha value is -3.51. The first-order valence-electron chi connectivity index (χ1n) is 8.26. The molecule has 0 saturated heterocycles. The molecule has 3 rings (SSSR count). The van der Waals surface area contributed by atoms with E-state index >= 15 is 0 Å². The molecule has 0 atom stereocenters. The summed E-state index contributed by atoms with van der Waals surface area (Å²) in [5.41, 5.74) is 2.36. The van der Waals surface area contributed by atoms with E-state index in [1.54, 1.807) is 72.8 Å². The Labute approximate surface area is 162 Å². The van der Waals surface area contributed by atoms with E-state index in [4.69, 9.17) is 12.2 Å². The first-order chi connectivity index (χ1) is 13.1. The summed E-state index contributed by atoms with van der Waals surface area (Å²) < 4.78 is 0. The number of carbonyl (C=O) groups excluding carboxylic acids is 2. The molecule has 0 aromatic heterocycles. The second-order valence-electron chi connectivity index (χ2n) is 5.68. The van der Waals surface area contributed by atoms with Crippen molar-refractivity contribution < 1.29 is 9.59 Å². The number of thiocarbonyl (C=S) groups is 1. The molecule has 0 spiro atoms. The van der Waals surface area contributed by atoms with Crippen LogP contribution in [0.4, 0.5) is 11.4 Å². The van der Waals surface area contributed by atoms with Gasteiger partial charge >= 0.3 is 0 Å². The Balaban J connectivity index is 1.61. The third-order valence-corrected chi connectivity index (χ3v) is 3.88. The van der Waals surface area contributed by atoms with Crippen molar-refractivity contribution in [3.05, 3.63) is 96.1 Å². The molecule has 0 aliphatic rings. The molecular formula is C21H17N3O2S. The van der Waals surface area contributed by atoms with E-state index in [2.05, 4.69) is 16.0 Å². The number of nitrogens with one attached hydrogen (secondary N) is 3. The van der Waals surface area contributed by atoms with Gasteiger partial charge in [0.1, 0.15) is 0 Å². The van der Waals surface area contributed by atoms with Crippen LogP contribution in [0, 0.1) is 0 Å². The molecule has 0 fully saturated rings. The molecule has 0 radical (unpaired) electrons. The molecule has 27 heavy (non-hydrogen) atoms. The fourth-order valence-corrected chi connectivity index (χ4v) is 2.61. The fourth-order valence-electron chi connectivity index (χ4n) is 2.39. The number of anilines is 2. The van der Waals surface area contributed by atoms with Crippen LogP contribution in [0.5, 0.6) is 0 Å². The number of hydrogen-bond acceptors (Lipinski definition) is 3. The summed E-state index contributed by atoms with van der Waals surface area (Å²) in [6.07, 6.45) is 0. The number of amides is 2. The second-order valence-corrected chi connectivity index (χ2v) is 6.08. The molecule has 0 aliphatic heterocycles. The Morgan fingerprint density at radius 3 is 1.74 bits per heavy atom. The van der Waals surface area contributed by atoms with E-state index in [-0.39, 0.29) is 16.9 Å². The van der Waals surface area contributed by atoms with Crippen molar-refractivity contribution in [3.63, 3.8) is 0 Å². The maximum Gasteiger partial charge on any atom is 0.257 e. The highest BCUT2D eigenvalue weighted by Crippen LogP contribution is 2.16. The number of rotatable bonds is 4. The minimum atomic E-state index is -0.290. The lowest BCUT2D eigenvalue weighted by Gasteiger charge is -2.11. The van der Waals surface area contributed by atoms with Crippen LogP contribution >= 0.6 is 12.2 Å². The van der Waals surface area contributed by atoms with Crippen molar-refractivity contribution in [2.45, 2.75) is 0 Å². The summed E-state index contributed by atoms with van der Waals surface area (Å²) in [7, 11) is 0. The van der Waals surface area contributed by atoms with Gasteiger partial charge in [-0.2, -0.15) is 0 Å². The number of benzene rings is 3. The highest BCUT2D eigenvalue weighted by molar-refractivity contribution is 7.80. The predicted octanol–water partition coefficient (Wildman–Crippen LogP) is 4.07. The van der Waals surface area contributed by atoms with Crippen LogP contribution in [-0.4, -0.2) is 16.9 Å². The minimum Gasteiger partial charge on any atom is -0.332 e. The quantitative estimate of drug-likeness (QED) is 0.601. The van der Waals surface area contributed by atoms with Crippen molar-refractivity contribution in [2.24, 2.45) is 0 Å². The van der Waals surface area contributed by atoms with E-state index in [1.807, 2.05) is 12.1 Å². The topological polar surface area (TPSA) is 70.2 Å². The maximum atomic E-state index is 12.2. The van der Waals surface area contributed by atoms with E-state index in [0.717, 1.165) is 0 Å². The summed E-state index contributed by atoms with van der Waals surface area (Å²) in [6, 6.07) is 24.8. The molecular weight excluding hydrogens is 358 g/mol. The van der Waals surface area contributed by atoms with Crippen LogP contribution in [0.25, 0.3) is 0 Å². The normalized spacial score (nSPS) is 9.93. The largest absolute Gasteiger partial charge is 0.332 e. The van der Waals surface area contributed by atoms with Gasteiger partial charge in [-0.05, 0) is 54.7 Å². The monoisotopic (exact) mass is 375 g/mol. The Morgan fingerprint density at radius 1 is 0.630 bits per heavy atom. The molecule has 2 amide bonds. The molecule has 0 aliphatic carbocycles. The zero-order valence-corrected chi connectivity index (χ0v) is 15.1. The molecule has 0 bridgehead atoms. The smallest absolute Gasteiger partial charge is 0.257 e. The number of hydrogen-bond donors (Lipinski definition) is 3. The van der Waals surface area contributed by atoms with Crippen molar-refractivity contribution in [3.8, 4) is 0 Å². The van der Waals surface area contributed by atoms with Gasteiger partial charge < -0.3 is 10.6 Å². The van der Waals surface area contributed by atoms with E-state index < -0.39 is 0 Å². The van der Waals surface area contributed by atoms with Gasteiger partial charge in [0.25, 0.3) is 11.8 Å². The van der Waals surface area contributed by atoms with Crippen LogP contribution in [0.1, 0.15) is 20.7 Å². The highest BCUT2D eigenvalue weighted by atomic mass is 32.1. The summed E-state index contributed by atoms with van der Waals surface area (Å²) >= 11 is 5.19. The third-order valence-electron chi connectivity index (χ3n) is 3.68. The Bertz CT molecular complexity index is 959. The molecule has 3 aromatic rings.